The van der Waals surface area contributed by atoms with Crippen LogP contribution in [0.4, 0.5) is 4.79 Å². The van der Waals surface area contributed by atoms with E-state index >= 15 is 0 Å². The van der Waals surface area contributed by atoms with Gasteiger partial charge in [-0.15, -0.1) is 0 Å². The maximum Gasteiger partial charge on any atom is 0.419 e. The Morgan fingerprint density at radius 2 is 1.55 bits per heavy atom. The molecule has 6 nitrogen and oxygen atoms in total. The fourth-order valence-electron chi connectivity index (χ4n) is 3.27. The summed E-state index contributed by atoms with van der Waals surface area (Å²) < 4.78 is 12.3. The quantitative estimate of drug-likeness (QED) is 0.419. The molecule has 0 aliphatic carbocycles. The van der Waals surface area contributed by atoms with Gasteiger partial charge in [0.2, 0.25) is 5.78 Å². The van der Waals surface area contributed by atoms with Crippen molar-refractivity contribution in [2.24, 2.45) is 0 Å². The Balaban J connectivity index is 1.69. The van der Waals surface area contributed by atoms with Crippen molar-refractivity contribution in [1.82, 2.24) is 4.57 Å². The molecule has 6 heteroatoms. The number of phenols is 1. The number of aromatic nitrogens is 1. The van der Waals surface area contributed by atoms with Gasteiger partial charge in [-0.3, -0.25) is 4.79 Å². The minimum absolute atomic E-state index is 0.0447. The maximum absolute atomic E-state index is 13.2. The zero-order valence-corrected chi connectivity index (χ0v) is 17.1. The number of hydrogen-bond acceptors (Lipinski definition) is 5. The van der Waals surface area contributed by atoms with E-state index in [-0.39, 0.29) is 23.3 Å². The molecular formula is C25H21NO5. The van der Waals surface area contributed by atoms with E-state index in [1.54, 1.807) is 50.2 Å². The molecule has 4 aromatic rings. The van der Waals surface area contributed by atoms with Crippen LogP contribution in [0.3, 0.4) is 0 Å². The third-order valence-electron chi connectivity index (χ3n) is 4.63. The maximum atomic E-state index is 13.2. The van der Waals surface area contributed by atoms with Crippen LogP contribution in [0, 0.1) is 0 Å². The molecule has 0 aliphatic heterocycles. The van der Waals surface area contributed by atoms with Crippen LogP contribution < -0.4 is 4.74 Å². The molecule has 31 heavy (non-hydrogen) atoms. The van der Waals surface area contributed by atoms with Gasteiger partial charge in [-0.2, -0.15) is 0 Å². The topological polar surface area (TPSA) is 77.8 Å². The molecule has 0 saturated heterocycles. The van der Waals surface area contributed by atoms with Crippen molar-refractivity contribution in [3.8, 4) is 17.2 Å². The number of hydrogen-bond donors (Lipinski definition) is 1. The van der Waals surface area contributed by atoms with Crippen molar-refractivity contribution in [2.75, 3.05) is 0 Å². The number of carbonyl (C=O) groups is 2. The van der Waals surface area contributed by atoms with Crippen LogP contribution in [0.5, 0.6) is 17.2 Å². The minimum atomic E-state index is -0.650. The fourth-order valence-corrected chi connectivity index (χ4v) is 3.27. The summed E-state index contributed by atoms with van der Waals surface area (Å²) in [5, 5.41) is 10.4. The SMILES string of the molecule is CC(C)OC(=O)n1c(C(=O)c2ccc(Oc3ccccc3)cc2)cc2cc(O)ccc21. The summed E-state index contributed by atoms with van der Waals surface area (Å²) >= 11 is 0. The summed E-state index contributed by atoms with van der Waals surface area (Å²) in [6, 6.07) is 22.2. The van der Waals surface area contributed by atoms with Crippen LogP contribution in [0.15, 0.2) is 78.9 Å². The Morgan fingerprint density at radius 3 is 2.23 bits per heavy atom. The molecule has 0 fully saturated rings. The summed E-state index contributed by atoms with van der Waals surface area (Å²) in [7, 11) is 0. The highest BCUT2D eigenvalue weighted by Crippen LogP contribution is 2.27. The number of nitrogens with zero attached hydrogens (tertiary/aromatic N) is 1. The van der Waals surface area contributed by atoms with Gasteiger partial charge < -0.3 is 14.6 Å². The highest BCUT2D eigenvalue weighted by Gasteiger charge is 2.23. The average Bonchev–Trinajstić information content (AvgIpc) is 3.12. The van der Waals surface area contributed by atoms with Gasteiger partial charge in [0.25, 0.3) is 0 Å². The Morgan fingerprint density at radius 1 is 0.871 bits per heavy atom. The molecule has 1 heterocycles. The number of rotatable bonds is 5. The Kier molecular flexibility index (Phi) is 5.45. The van der Waals surface area contributed by atoms with Crippen molar-refractivity contribution < 1.29 is 24.2 Å². The first-order valence-corrected chi connectivity index (χ1v) is 9.85. The van der Waals surface area contributed by atoms with E-state index in [9.17, 15) is 14.7 Å². The molecular weight excluding hydrogens is 394 g/mol. The van der Waals surface area contributed by atoms with Crippen molar-refractivity contribution in [2.45, 2.75) is 20.0 Å². The number of carbonyl (C=O) groups excluding carboxylic acids is 2. The van der Waals surface area contributed by atoms with Gasteiger partial charge in [-0.05, 0) is 74.5 Å². The molecule has 0 atom stereocenters. The van der Waals surface area contributed by atoms with Crippen LogP contribution in [0.2, 0.25) is 0 Å². The van der Waals surface area contributed by atoms with Crippen LogP contribution in [0.25, 0.3) is 10.9 Å². The van der Waals surface area contributed by atoms with Gasteiger partial charge in [-0.25, -0.2) is 9.36 Å². The lowest BCUT2D eigenvalue weighted by Gasteiger charge is -2.12. The monoisotopic (exact) mass is 415 g/mol. The van der Waals surface area contributed by atoms with Gasteiger partial charge in [0.05, 0.1) is 11.6 Å². The van der Waals surface area contributed by atoms with E-state index in [4.69, 9.17) is 9.47 Å². The summed E-state index contributed by atoms with van der Waals surface area (Å²) in [5.74, 6) is 0.983. The molecule has 0 unspecified atom stereocenters. The third-order valence-corrected chi connectivity index (χ3v) is 4.63. The van der Waals surface area contributed by atoms with Gasteiger partial charge in [0.15, 0.2) is 0 Å². The Bertz CT molecular complexity index is 1240. The molecule has 4 rings (SSSR count). The van der Waals surface area contributed by atoms with E-state index in [0.29, 0.717) is 28.0 Å². The summed E-state index contributed by atoms with van der Waals surface area (Å²) in [5.41, 5.74) is 1.03. The van der Waals surface area contributed by atoms with Crippen molar-refractivity contribution in [3.05, 3.63) is 90.1 Å². The standard InChI is InChI=1S/C25H21NO5/c1-16(2)30-25(29)26-22-13-10-19(27)14-18(22)15-23(26)24(28)17-8-11-21(12-9-17)31-20-6-4-3-5-7-20/h3-16,27H,1-2H3. The smallest absolute Gasteiger partial charge is 0.419 e. The highest BCUT2D eigenvalue weighted by atomic mass is 16.6. The van der Waals surface area contributed by atoms with Crippen LogP contribution in [-0.4, -0.2) is 27.7 Å². The molecule has 0 radical (unpaired) electrons. The van der Waals surface area contributed by atoms with E-state index < -0.39 is 6.09 Å². The third kappa shape index (κ3) is 4.28. The number of para-hydroxylation sites is 1. The molecule has 0 aliphatic rings. The van der Waals surface area contributed by atoms with Crippen LogP contribution in [0.1, 0.15) is 29.9 Å². The lowest BCUT2D eigenvalue weighted by molar-refractivity contribution is 0.100. The molecule has 0 saturated carbocycles. The Labute approximate surface area is 179 Å². The zero-order valence-electron chi connectivity index (χ0n) is 17.1. The van der Waals surface area contributed by atoms with Gasteiger partial charge in [0.1, 0.15) is 22.9 Å². The lowest BCUT2D eigenvalue weighted by Crippen LogP contribution is -2.22. The van der Waals surface area contributed by atoms with E-state index in [0.717, 1.165) is 0 Å². The first-order chi connectivity index (χ1) is 14.9. The Hall–Kier alpha value is -4.06. The van der Waals surface area contributed by atoms with Gasteiger partial charge in [0, 0.05) is 10.9 Å². The largest absolute Gasteiger partial charge is 0.508 e. The van der Waals surface area contributed by atoms with Crippen LogP contribution in [-0.2, 0) is 4.74 Å². The number of fused-ring (bicyclic) bond motifs is 1. The lowest BCUT2D eigenvalue weighted by atomic mass is 10.1. The summed E-state index contributed by atoms with van der Waals surface area (Å²) in [4.78, 5) is 26.0. The fraction of sp³-hybridized carbons (Fsp3) is 0.120. The predicted octanol–water partition coefficient (Wildman–Crippen LogP) is 5.76. The highest BCUT2D eigenvalue weighted by molar-refractivity contribution is 6.13. The number of aromatic hydroxyl groups is 1. The van der Waals surface area contributed by atoms with Gasteiger partial charge >= 0.3 is 6.09 Å². The minimum Gasteiger partial charge on any atom is -0.508 e. The zero-order chi connectivity index (χ0) is 22.0. The second kappa shape index (κ2) is 8.36. The predicted molar refractivity (Wildman–Crippen MR) is 117 cm³/mol. The molecule has 156 valence electrons. The molecule has 1 N–H and O–H groups in total. The molecule has 0 amide bonds. The number of phenolic OH excluding ortho intramolecular Hbond substituents is 1. The second-order valence-corrected chi connectivity index (χ2v) is 7.31. The number of ether oxygens (including phenoxy) is 2. The molecule has 3 aromatic carbocycles. The first-order valence-electron chi connectivity index (χ1n) is 9.85. The van der Waals surface area contributed by atoms with Crippen molar-refractivity contribution in [3.63, 3.8) is 0 Å². The average molecular weight is 415 g/mol. The van der Waals surface area contributed by atoms with Crippen molar-refractivity contribution in [1.29, 1.82) is 0 Å². The van der Waals surface area contributed by atoms with Crippen molar-refractivity contribution >= 4 is 22.8 Å². The second-order valence-electron chi connectivity index (χ2n) is 7.31. The number of ketones is 1. The van der Waals surface area contributed by atoms with E-state index in [1.165, 1.54) is 16.7 Å². The van der Waals surface area contributed by atoms with E-state index in [2.05, 4.69) is 0 Å². The normalized spacial score (nSPS) is 10.9. The van der Waals surface area contributed by atoms with Crippen LogP contribution >= 0.6 is 0 Å². The van der Waals surface area contributed by atoms with E-state index in [1.807, 2.05) is 30.3 Å². The summed E-state index contributed by atoms with van der Waals surface area (Å²) in [6.45, 7) is 3.48. The molecule has 0 spiro atoms. The molecule has 1 aromatic heterocycles. The summed E-state index contributed by atoms with van der Waals surface area (Å²) in [6.07, 6.45) is -0.998. The van der Waals surface area contributed by atoms with Gasteiger partial charge in [-0.1, -0.05) is 18.2 Å². The molecule has 0 bridgehead atoms. The first kappa shape index (κ1) is 20.2. The number of benzene rings is 3.